The van der Waals surface area contributed by atoms with Gasteiger partial charge in [-0.05, 0) is 12.8 Å². The first kappa shape index (κ1) is 11.3. The molecule has 0 spiro atoms. The molecule has 5 nitrogen and oxygen atoms in total. The molecule has 2 heterocycles. The zero-order valence-electron chi connectivity index (χ0n) is 8.26. The lowest BCUT2D eigenvalue weighted by Gasteiger charge is -2.14. The van der Waals surface area contributed by atoms with Crippen LogP contribution in [0.2, 0.25) is 0 Å². The highest BCUT2D eigenvalue weighted by atomic mass is 32.2. The molecule has 0 aromatic carbocycles. The van der Waals surface area contributed by atoms with Crippen molar-refractivity contribution in [2.75, 3.05) is 23.0 Å². The normalized spacial score (nSPS) is 38.1. The van der Waals surface area contributed by atoms with Gasteiger partial charge in [-0.25, -0.2) is 16.8 Å². The van der Waals surface area contributed by atoms with Gasteiger partial charge in [0.2, 0.25) is 0 Å². The second kappa shape index (κ2) is 3.71. The number of rotatable bonds is 2. The predicted octanol–water partition coefficient (Wildman–Crippen LogP) is -0.623. The smallest absolute Gasteiger partial charge is 0.152 e. The van der Waals surface area contributed by atoms with Crippen molar-refractivity contribution < 1.29 is 21.6 Å². The third-order valence-electron chi connectivity index (χ3n) is 2.77. The molecule has 2 aliphatic rings. The van der Waals surface area contributed by atoms with Gasteiger partial charge in [0.15, 0.2) is 19.7 Å². The fourth-order valence-corrected chi connectivity index (χ4v) is 5.21. The molecule has 0 aliphatic carbocycles. The zero-order valence-corrected chi connectivity index (χ0v) is 9.89. The fourth-order valence-electron chi connectivity index (χ4n) is 2.01. The Balaban J connectivity index is 1.90. The van der Waals surface area contributed by atoms with E-state index in [1.54, 1.807) is 0 Å². The lowest BCUT2D eigenvalue weighted by Crippen LogP contribution is -2.24. The molecular formula is C8H14O5S2. The third kappa shape index (κ3) is 2.92. The summed E-state index contributed by atoms with van der Waals surface area (Å²) >= 11 is 0. The molecule has 2 saturated heterocycles. The second-order valence-electron chi connectivity index (χ2n) is 4.19. The van der Waals surface area contributed by atoms with E-state index in [1.807, 2.05) is 0 Å². The molecule has 88 valence electrons. The highest BCUT2D eigenvalue weighted by Crippen LogP contribution is 2.21. The lowest BCUT2D eigenvalue weighted by molar-refractivity contribution is 0.0171. The molecule has 7 heteroatoms. The second-order valence-corrected chi connectivity index (χ2v) is 8.64. The summed E-state index contributed by atoms with van der Waals surface area (Å²) < 4.78 is 50.1. The van der Waals surface area contributed by atoms with Crippen LogP contribution in [-0.2, 0) is 24.4 Å². The average Bonchev–Trinajstić information content (AvgIpc) is 2.56. The Morgan fingerprint density at radius 1 is 0.800 bits per heavy atom. The molecular weight excluding hydrogens is 240 g/mol. The molecule has 0 N–H and O–H groups in total. The summed E-state index contributed by atoms with van der Waals surface area (Å²) in [5.41, 5.74) is 0. The van der Waals surface area contributed by atoms with Crippen molar-refractivity contribution in [3.05, 3.63) is 0 Å². The van der Waals surface area contributed by atoms with Gasteiger partial charge in [0, 0.05) is 0 Å². The Bertz CT molecular complexity index is 394. The fraction of sp³-hybridized carbons (Fsp3) is 1.00. The van der Waals surface area contributed by atoms with Crippen LogP contribution < -0.4 is 0 Å². The maximum Gasteiger partial charge on any atom is 0.152 e. The van der Waals surface area contributed by atoms with Crippen molar-refractivity contribution in [2.45, 2.75) is 25.0 Å². The third-order valence-corrected chi connectivity index (χ3v) is 6.24. The molecule has 0 amide bonds. The van der Waals surface area contributed by atoms with Gasteiger partial charge >= 0.3 is 0 Å². The van der Waals surface area contributed by atoms with Gasteiger partial charge in [-0.15, -0.1) is 0 Å². The Morgan fingerprint density at radius 3 is 1.47 bits per heavy atom. The Hall–Kier alpha value is -0.140. The minimum Gasteiger partial charge on any atom is -0.373 e. The number of hydrogen-bond donors (Lipinski definition) is 0. The number of sulfone groups is 2. The van der Waals surface area contributed by atoms with Crippen molar-refractivity contribution in [1.82, 2.24) is 0 Å². The first-order chi connectivity index (χ1) is 6.86. The SMILES string of the molecule is O=S1(=O)CC[C@@H](O[C@@H]2CCS(=O)(=O)C2)C1. The van der Waals surface area contributed by atoms with Crippen LogP contribution in [0.4, 0.5) is 0 Å². The predicted molar refractivity (Wildman–Crippen MR) is 55.2 cm³/mol. The van der Waals surface area contributed by atoms with Gasteiger partial charge < -0.3 is 4.74 Å². The van der Waals surface area contributed by atoms with Crippen LogP contribution in [0.1, 0.15) is 12.8 Å². The van der Waals surface area contributed by atoms with Crippen LogP contribution in [0.3, 0.4) is 0 Å². The summed E-state index contributed by atoms with van der Waals surface area (Å²) in [7, 11) is -5.88. The quantitative estimate of drug-likeness (QED) is 0.656. The van der Waals surface area contributed by atoms with Gasteiger partial charge in [-0.3, -0.25) is 0 Å². The van der Waals surface area contributed by atoms with Crippen LogP contribution in [0.25, 0.3) is 0 Å². The average molecular weight is 254 g/mol. The molecule has 0 radical (unpaired) electrons. The van der Waals surface area contributed by atoms with Crippen LogP contribution in [0, 0.1) is 0 Å². The van der Waals surface area contributed by atoms with Crippen molar-refractivity contribution >= 4 is 19.7 Å². The molecule has 0 unspecified atom stereocenters. The van der Waals surface area contributed by atoms with Crippen molar-refractivity contribution in [3.63, 3.8) is 0 Å². The van der Waals surface area contributed by atoms with E-state index in [4.69, 9.17) is 4.74 Å². The summed E-state index contributed by atoms with van der Waals surface area (Å²) in [6.45, 7) is 0. The molecule has 0 aromatic heterocycles. The van der Waals surface area contributed by atoms with E-state index in [0.717, 1.165) is 0 Å². The van der Waals surface area contributed by atoms with Crippen molar-refractivity contribution in [3.8, 4) is 0 Å². The molecule has 0 aromatic rings. The molecule has 2 fully saturated rings. The summed E-state index contributed by atoms with van der Waals surface area (Å²) in [6.07, 6.45) is 0.402. The molecule has 0 bridgehead atoms. The van der Waals surface area contributed by atoms with Gasteiger partial charge in [0.05, 0.1) is 35.2 Å². The van der Waals surface area contributed by atoms with E-state index in [2.05, 4.69) is 0 Å². The minimum atomic E-state index is -2.94. The zero-order chi connectivity index (χ0) is 11.1. The maximum atomic E-state index is 11.1. The highest BCUT2D eigenvalue weighted by Gasteiger charge is 2.34. The summed E-state index contributed by atoms with van der Waals surface area (Å²) in [6, 6.07) is 0. The van der Waals surface area contributed by atoms with Crippen LogP contribution in [-0.4, -0.2) is 52.1 Å². The van der Waals surface area contributed by atoms with Gasteiger partial charge in [-0.1, -0.05) is 0 Å². The summed E-state index contributed by atoms with van der Waals surface area (Å²) in [5, 5.41) is 0. The Kier molecular flexibility index (Phi) is 2.81. The van der Waals surface area contributed by atoms with E-state index in [9.17, 15) is 16.8 Å². The summed E-state index contributed by atoms with van der Waals surface area (Å²) in [4.78, 5) is 0. The van der Waals surface area contributed by atoms with Gasteiger partial charge in [0.25, 0.3) is 0 Å². The largest absolute Gasteiger partial charge is 0.373 e. The standard InChI is InChI=1S/C8H14O5S2/c9-14(10)3-1-7(5-14)13-8-2-4-15(11,12)6-8/h7-8H,1-6H2/t7-,8-/m1/s1. The monoisotopic (exact) mass is 254 g/mol. The van der Waals surface area contributed by atoms with Crippen LogP contribution >= 0.6 is 0 Å². The van der Waals surface area contributed by atoms with E-state index < -0.39 is 19.7 Å². The number of ether oxygens (including phenoxy) is 1. The van der Waals surface area contributed by atoms with Crippen molar-refractivity contribution in [2.24, 2.45) is 0 Å². The molecule has 2 aliphatic heterocycles. The first-order valence-electron chi connectivity index (χ1n) is 4.93. The molecule has 15 heavy (non-hydrogen) atoms. The van der Waals surface area contributed by atoms with E-state index in [-0.39, 0.29) is 35.2 Å². The van der Waals surface area contributed by atoms with Crippen LogP contribution in [0.15, 0.2) is 0 Å². The maximum absolute atomic E-state index is 11.1. The van der Waals surface area contributed by atoms with E-state index >= 15 is 0 Å². The van der Waals surface area contributed by atoms with Gasteiger partial charge in [0.1, 0.15) is 0 Å². The Labute approximate surface area is 89.6 Å². The highest BCUT2D eigenvalue weighted by molar-refractivity contribution is 7.92. The topological polar surface area (TPSA) is 77.5 Å². The minimum absolute atomic E-state index is 0.0452. The van der Waals surface area contributed by atoms with E-state index in [0.29, 0.717) is 12.8 Å². The van der Waals surface area contributed by atoms with Crippen LogP contribution in [0.5, 0.6) is 0 Å². The molecule has 0 saturated carbocycles. The molecule has 2 atom stereocenters. The number of hydrogen-bond acceptors (Lipinski definition) is 5. The van der Waals surface area contributed by atoms with Crippen molar-refractivity contribution in [1.29, 1.82) is 0 Å². The Morgan fingerprint density at radius 2 is 1.20 bits per heavy atom. The first-order valence-corrected chi connectivity index (χ1v) is 8.57. The summed E-state index contributed by atoms with van der Waals surface area (Å²) in [5.74, 6) is 0.418. The van der Waals surface area contributed by atoms with Gasteiger partial charge in [-0.2, -0.15) is 0 Å². The molecule has 2 rings (SSSR count). The van der Waals surface area contributed by atoms with E-state index in [1.165, 1.54) is 0 Å². The lowest BCUT2D eigenvalue weighted by atomic mass is 10.3.